The summed E-state index contributed by atoms with van der Waals surface area (Å²) in [6, 6.07) is 17.0. The van der Waals surface area contributed by atoms with Gasteiger partial charge in [0.15, 0.2) is 0 Å². The number of fused-ring (bicyclic) bond motifs is 3. The van der Waals surface area contributed by atoms with E-state index in [4.69, 9.17) is 0 Å². The fraction of sp³-hybridized carbons (Fsp3) is 0.160. The maximum atomic E-state index is 14.9. The fourth-order valence-electron chi connectivity index (χ4n) is 4.45. The Morgan fingerprint density at radius 3 is 2.55 bits per heavy atom. The van der Waals surface area contributed by atoms with E-state index in [9.17, 15) is 22.4 Å². The van der Waals surface area contributed by atoms with Gasteiger partial charge in [0.05, 0.1) is 5.56 Å². The van der Waals surface area contributed by atoms with Gasteiger partial charge in [-0.1, -0.05) is 42.5 Å². The van der Waals surface area contributed by atoms with Crippen molar-refractivity contribution in [1.29, 1.82) is 0 Å². The van der Waals surface area contributed by atoms with Gasteiger partial charge in [-0.25, -0.2) is 9.18 Å². The van der Waals surface area contributed by atoms with E-state index in [2.05, 4.69) is 10.3 Å². The van der Waals surface area contributed by atoms with Gasteiger partial charge in [0.25, 0.3) is 0 Å². The summed E-state index contributed by atoms with van der Waals surface area (Å²) in [5, 5.41) is 3.56. The number of hydrogen-bond acceptors (Lipinski definition) is 1. The number of nitrogens with one attached hydrogen (secondary N) is 2. The van der Waals surface area contributed by atoms with Gasteiger partial charge >= 0.3 is 12.2 Å². The Morgan fingerprint density at radius 2 is 1.76 bits per heavy atom. The number of carbonyl (C=O) groups excluding carboxylic acids is 1. The number of urea groups is 1. The van der Waals surface area contributed by atoms with Gasteiger partial charge in [0.2, 0.25) is 0 Å². The zero-order valence-electron chi connectivity index (χ0n) is 17.3. The second-order valence-corrected chi connectivity index (χ2v) is 7.94. The highest BCUT2D eigenvalue weighted by Crippen LogP contribution is 2.39. The van der Waals surface area contributed by atoms with Gasteiger partial charge in [0.1, 0.15) is 11.9 Å². The molecule has 1 atom stereocenters. The molecule has 0 aliphatic carbocycles. The molecule has 2 N–H and O–H groups in total. The maximum absolute atomic E-state index is 14.9. The average Bonchev–Trinajstić information content (AvgIpc) is 3.17. The van der Waals surface area contributed by atoms with Crippen molar-refractivity contribution in [3.63, 3.8) is 0 Å². The molecule has 0 radical (unpaired) electrons. The minimum absolute atomic E-state index is 0.0181. The van der Waals surface area contributed by atoms with Crippen molar-refractivity contribution >= 4 is 22.6 Å². The Labute approximate surface area is 186 Å². The topological polar surface area (TPSA) is 48.1 Å². The van der Waals surface area contributed by atoms with E-state index in [1.165, 1.54) is 23.1 Å². The molecule has 3 aromatic carbocycles. The Morgan fingerprint density at radius 1 is 1.00 bits per heavy atom. The summed E-state index contributed by atoms with van der Waals surface area (Å²) in [6.45, 7) is 0.276. The molecule has 2 amide bonds. The van der Waals surface area contributed by atoms with Crippen LogP contribution < -0.4 is 5.32 Å². The highest BCUT2D eigenvalue weighted by molar-refractivity contribution is 5.91. The molecule has 0 bridgehead atoms. The van der Waals surface area contributed by atoms with Crippen LogP contribution in [0.25, 0.3) is 10.9 Å². The Bertz CT molecular complexity index is 1340. The molecular weight excluding hydrogens is 434 g/mol. The second kappa shape index (κ2) is 7.95. The number of carbonyl (C=O) groups is 1. The molecular formula is C25H19F4N3O. The van der Waals surface area contributed by atoms with E-state index in [0.717, 1.165) is 28.6 Å². The molecule has 4 aromatic rings. The number of benzene rings is 3. The quantitative estimate of drug-likeness (QED) is 0.334. The highest BCUT2D eigenvalue weighted by Gasteiger charge is 2.36. The number of hydrogen-bond donors (Lipinski definition) is 2. The van der Waals surface area contributed by atoms with Crippen molar-refractivity contribution in [2.45, 2.75) is 18.6 Å². The number of rotatable bonds is 2. The maximum Gasteiger partial charge on any atom is 0.416 e. The van der Waals surface area contributed by atoms with Crippen molar-refractivity contribution in [2.24, 2.45) is 0 Å². The van der Waals surface area contributed by atoms with E-state index in [-0.39, 0.29) is 12.2 Å². The number of para-hydroxylation sites is 1. The standard InChI is InChI=1S/C25H19F4N3O/c26-20-10-3-1-9-19(20)23-22-18(17-8-2-4-11-21(17)31-22)12-13-32(23)24(33)30-16-7-5-6-15(14-16)25(27,28)29/h1-11,14,23,31H,12-13H2,(H,30,33)/t23-/m0/s1. The SMILES string of the molecule is O=C(Nc1cccc(C(F)(F)F)c1)N1CCc2c([nH]c3ccccc23)[C@@H]1c1ccccc1F. The molecule has 1 aromatic heterocycles. The molecule has 0 fully saturated rings. The minimum Gasteiger partial charge on any atom is -0.356 e. The summed E-state index contributed by atoms with van der Waals surface area (Å²) < 4.78 is 54.1. The monoisotopic (exact) mass is 453 g/mol. The van der Waals surface area contributed by atoms with Crippen molar-refractivity contribution in [1.82, 2.24) is 9.88 Å². The lowest BCUT2D eigenvalue weighted by molar-refractivity contribution is -0.137. The molecule has 0 saturated heterocycles. The number of anilines is 1. The first kappa shape index (κ1) is 21.1. The molecule has 168 valence electrons. The summed E-state index contributed by atoms with van der Waals surface area (Å²) in [5.74, 6) is -0.467. The van der Waals surface area contributed by atoms with Crippen LogP contribution in [-0.2, 0) is 12.6 Å². The summed E-state index contributed by atoms with van der Waals surface area (Å²) in [6.07, 6.45) is -4.00. The zero-order chi connectivity index (χ0) is 23.2. The van der Waals surface area contributed by atoms with Gasteiger partial charge < -0.3 is 15.2 Å². The lowest BCUT2D eigenvalue weighted by Crippen LogP contribution is -2.43. The molecule has 4 nitrogen and oxygen atoms in total. The molecule has 1 aliphatic rings. The van der Waals surface area contributed by atoms with Gasteiger partial charge in [-0.3, -0.25) is 0 Å². The normalized spacial score (nSPS) is 16.0. The van der Waals surface area contributed by atoms with E-state index in [0.29, 0.717) is 17.7 Å². The molecule has 0 unspecified atom stereocenters. The minimum atomic E-state index is -4.53. The van der Waals surface area contributed by atoms with Crippen LogP contribution in [-0.4, -0.2) is 22.5 Å². The summed E-state index contributed by atoms with van der Waals surface area (Å²) >= 11 is 0. The van der Waals surface area contributed by atoms with Crippen LogP contribution in [0.15, 0.2) is 72.8 Å². The fourth-order valence-corrected chi connectivity index (χ4v) is 4.45. The molecule has 0 saturated carbocycles. The Hall–Kier alpha value is -3.81. The van der Waals surface area contributed by atoms with Crippen molar-refractivity contribution in [2.75, 3.05) is 11.9 Å². The van der Waals surface area contributed by atoms with Crippen LogP contribution in [0.2, 0.25) is 0 Å². The molecule has 8 heteroatoms. The number of H-pyrrole nitrogens is 1. The predicted molar refractivity (Wildman–Crippen MR) is 117 cm³/mol. The zero-order valence-corrected chi connectivity index (χ0v) is 17.3. The predicted octanol–water partition coefficient (Wildman–Crippen LogP) is 6.51. The van der Waals surface area contributed by atoms with Gasteiger partial charge in [-0.2, -0.15) is 13.2 Å². The molecule has 2 heterocycles. The van der Waals surface area contributed by atoms with Crippen molar-refractivity contribution in [3.8, 4) is 0 Å². The molecule has 5 rings (SSSR count). The van der Waals surface area contributed by atoms with Crippen molar-refractivity contribution in [3.05, 3.63) is 101 Å². The smallest absolute Gasteiger partial charge is 0.356 e. The Kier molecular flexibility index (Phi) is 5.08. The van der Waals surface area contributed by atoms with Crippen LogP contribution in [0.4, 0.5) is 28.0 Å². The van der Waals surface area contributed by atoms with Gasteiger partial charge in [-0.15, -0.1) is 0 Å². The first-order valence-corrected chi connectivity index (χ1v) is 10.4. The van der Waals surface area contributed by atoms with Gasteiger partial charge in [0, 0.05) is 34.4 Å². The second-order valence-electron chi connectivity index (χ2n) is 7.94. The third-order valence-electron chi connectivity index (χ3n) is 5.94. The summed E-state index contributed by atoms with van der Waals surface area (Å²) in [7, 11) is 0. The summed E-state index contributed by atoms with van der Waals surface area (Å²) in [4.78, 5) is 18.0. The number of alkyl halides is 3. The largest absolute Gasteiger partial charge is 0.416 e. The van der Waals surface area contributed by atoms with E-state index in [1.54, 1.807) is 18.2 Å². The number of amides is 2. The van der Waals surface area contributed by atoms with Crippen LogP contribution in [0, 0.1) is 5.82 Å². The summed E-state index contributed by atoms with van der Waals surface area (Å²) in [5.41, 5.74) is 2.05. The lowest BCUT2D eigenvalue weighted by atomic mass is 9.92. The molecule has 33 heavy (non-hydrogen) atoms. The van der Waals surface area contributed by atoms with Crippen LogP contribution in [0.5, 0.6) is 0 Å². The van der Waals surface area contributed by atoms with Crippen molar-refractivity contribution < 1.29 is 22.4 Å². The number of halogens is 4. The van der Waals surface area contributed by atoms with E-state index >= 15 is 0 Å². The first-order valence-electron chi connectivity index (χ1n) is 10.4. The number of aromatic amines is 1. The number of aromatic nitrogens is 1. The third-order valence-corrected chi connectivity index (χ3v) is 5.94. The van der Waals surface area contributed by atoms with Crippen LogP contribution in [0.1, 0.15) is 28.4 Å². The third kappa shape index (κ3) is 3.82. The van der Waals surface area contributed by atoms with E-state index in [1.807, 2.05) is 24.3 Å². The lowest BCUT2D eigenvalue weighted by Gasteiger charge is -2.36. The first-order chi connectivity index (χ1) is 15.8. The molecule has 0 spiro atoms. The van der Waals surface area contributed by atoms with Crippen LogP contribution >= 0.6 is 0 Å². The number of nitrogens with zero attached hydrogens (tertiary/aromatic N) is 1. The van der Waals surface area contributed by atoms with Gasteiger partial charge in [-0.05, 0) is 42.3 Å². The average molecular weight is 453 g/mol. The highest BCUT2D eigenvalue weighted by atomic mass is 19.4. The van der Waals surface area contributed by atoms with Crippen LogP contribution in [0.3, 0.4) is 0 Å². The Balaban J connectivity index is 1.55. The molecule has 1 aliphatic heterocycles. The van der Waals surface area contributed by atoms with E-state index < -0.39 is 29.6 Å².